The highest BCUT2D eigenvalue weighted by Crippen LogP contribution is 2.26. The zero-order chi connectivity index (χ0) is 13.1. The first-order valence-electron chi connectivity index (χ1n) is 4.98. The van der Waals surface area contributed by atoms with Crippen LogP contribution in [-0.2, 0) is 0 Å². The van der Waals surface area contributed by atoms with Crippen LogP contribution in [0.1, 0.15) is 10.4 Å². The van der Waals surface area contributed by atoms with Gasteiger partial charge in [-0.2, -0.15) is 5.26 Å². The molecule has 0 aliphatic rings. The number of benzene rings is 1. The minimum absolute atomic E-state index is 0.0262. The lowest BCUT2D eigenvalue weighted by Gasteiger charge is -2.02. The molecule has 0 spiro atoms. The molecule has 0 unspecified atom stereocenters. The van der Waals surface area contributed by atoms with Gasteiger partial charge in [0.05, 0.1) is 4.92 Å². The molecule has 1 aromatic heterocycles. The second-order valence-electron chi connectivity index (χ2n) is 3.50. The molecule has 6 nitrogen and oxygen atoms in total. The molecular weight excluding hydrogens is 252 g/mol. The van der Waals surface area contributed by atoms with Gasteiger partial charge in [0, 0.05) is 22.8 Å². The van der Waals surface area contributed by atoms with Crippen LogP contribution in [0, 0.1) is 28.4 Å². The van der Waals surface area contributed by atoms with Gasteiger partial charge in [-0.15, -0.1) is 11.3 Å². The third-order valence-electron chi connectivity index (χ3n) is 2.19. The maximum Gasteiger partial charge on any atom is 0.287 e. The summed E-state index contributed by atoms with van der Waals surface area (Å²) < 4.78 is 0. The van der Waals surface area contributed by atoms with E-state index in [2.05, 4.69) is 10.3 Å². The quantitative estimate of drug-likeness (QED) is 0.676. The third kappa shape index (κ3) is 2.44. The lowest BCUT2D eigenvalue weighted by Crippen LogP contribution is -1.95. The van der Waals surface area contributed by atoms with Crippen molar-refractivity contribution in [2.24, 2.45) is 0 Å². The SMILES string of the molecule is Cc1cnc(Nc2ccc([N+](=O)[O-])c(C#N)c2)s1. The van der Waals surface area contributed by atoms with Crippen LogP contribution in [-0.4, -0.2) is 9.91 Å². The molecule has 0 aliphatic heterocycles. The Labute approximate surface area is 107 Å². The summed E-state index contributed by atoms with van der Waals surface area (Å²) in [6.07, 6.45) is 1.73. The van der Waals surface area contributed by atoms with Crippen molar-refractivity contribution < 1.29 is 4.92 Å². The average Bonchev–Trinajstić information content (AvgIpc) is 2.74. The normalized spacial score (nSPS) is 9.78. The number of aryl methyl sites for hydroxylation is 1. The number of anilines is 2. The molecule has 7 heteroatoms. The highest BCUT2D eigenvalue weighted by Gasteiger charge is 2.13. The first-order chi connectivity index (χ1) is 8.60. The van der Waals surface area contributed by atoms with Crippen molar-refractivity contribution in [3.63, 3.8) is 0 Å². The summed E-state index contributed by atoms with van der Waals surface area (Å²) in [6.45, 7) is 1.93. The van der Waals surface area contributed by atoms with Crippen molar-refractivity contribution in [3.05, 3.63) is 45.0 Å². The number of nitrogens with one attached hydrogen (secondary N) is 1. The molecule has 0 saturated carbocycles. The molecule has 1 heterocycles. The Morgan fingerprint density at radius 1 is 1.56 bits per heavy atom. The van der Waals surface area contributed by atoms with Crippen LogP contribution in [0.5, 0.6) is 0 Å². The summed E-state index contributed by atoms with van der Waals surface area (Å²) in [7, 11) is 0. The molecular formula is C11H8N4O2S. The molecule has 1 aromatic carbocycles. The number of nitriles is 1. The van der Waals surface area contributed by atoms with Gasteiger partial charge in [-0.25, -0.2) is 4.98 Å². The van der Waals surface area contributed by atoms with Crippen molar-refractivity contribution in [1.29, 1.82) is 5.26 Å². The number of hydrogen-bond donors (Lipinski definition) is 1. The van der Waals surface area contributed by atoms with Gasteiger partial charge in [-0.05, 0) is 19.1 Å². The molecule has 2 aromatic rings. The van der Waals surface area contributed by atoms with E-state index < -0.39 is 4.92 Å². The molecule has 0 atom stereocenters. The van der Waals surface area contributed by atoms with Crippen molar-refractivity contribution in [3.8, 4) is 6.07 Å². The summed E-state index contributed by atoms with van der Waals surface area (Å²) in [5.74, 6) is 0. The fraction of sp³-hybridized carbons (Fsp3) is 0.0909. The predicted octanol–water partition coefficient (Wildman–Crippen LogP) is 2.98. The number of nitro groups is 1. The molecule has 0 bridgehead atoms. The number of nitro benzene ring substituents is 1. The summed E-state index contributed by atoms with van der Waals surface area (Å²) in [5, 5.41) is 23.2. The van der Waals surface area contributed by atoms with Gasteiger partial charge in [-0.1, -0.05) is 0 Å². The van der Waals surface area contributed by atoms with Crippen LogP contribution in [0.25, 0.3) is 0 Å². The van der Waals surface area contributed by atoms with Gasteiger partial charge in [-0.3, -0.25) is 10.1 Å². The Morgan fingerprint density at radius 2 is 2.33 bits per heavy atom. The van der Waals surface area contributed by atoms with E-state index in [1.807, 2.05) is 13.0 Å². The topological polar surface area (TPSA) is 91.8 Å². The number of nitrogens with zero attached hydrogens (tertiary/aromatic N) is 3. The summed E-state index contributed by atoms with van der Waals surface area (Å²) in [5.41, 5.74) is 0.433. The van der Waals surface area contributed by atoms with Crippen molar-refractivity contribution in [2.75, 3.05) is 5.32 Å². The maximum absolute atomic E-state index is 10.7. The molecule has 0 radical (unpaired) electrons. The smallest absolute Gasteiger partial charge is 0.287 e. The molecule has 0 amide bonds. The summed E-state index contributed by atoms with van der Waals surface area (Å²) in [4.78, 5) is 15.3. The lowest BCUT2D eigenvalue weighted by atomic mass is 10.2. The van der Waals surface area contributed by atoms with Crippen LogP contribution in [0.4, 0.5) is 16.5 Å². The van der Waals surface area contributed by atoms with Gasteiger partial charge in [0.2, 0.25) is 0 Å². The van der Waals surface area contributed by atoms with Gasteiger partial charge < -0.3 is 5.32 Å². The molecule has 0 aliphatic carbocycles. The minimum atomic E-state index is -0.574. The Hall–Kier alpha value is -2.46. The highest BCUT2D eigenvalue weighted by atomic mass is 32.1. The Bertz CT molecular complexity index is 645. The fourth-order valence-corrected chi connectivity index (χ4v) is 2.08. The zero-order valence-corrected chi connectivity index (χ0v) is 10.2. The standard InChI is InChI=1S/C11H8N4O2S/c1-7-6-13-11(18-7)14-9-2-3-10(15(16)17)8(4-9)5-12/h2-4,6H,1H3,(H,13,14). The monoisotopic (exact) mass is 260 g/mol. The van der Waals surface area contributed by atoms with E-state index >= 15 is 0 Å². The van der Waals surface area contributed by atoms with Crippen LogP contribution in [0.15, 0.2) is 24.4 Å². The molecule has 18 heavy (non-hydrogen) atoms. The van der Waals surface area contributed by atoms with Gasteiger partial charge in [0.15, 0.2) is 5.13 Å². The molecule has 0 saturated heterocycles. The van der Waals surface area contributed by atoms with E-state index in [1.165, 1.54) is 23.5 Å². The van der Waals surface area contributed by atoms with Gasteiger partial charge in [0.1, 0.15) is 11.6 Å². The van der Waals surface area contributed by atoms with Crippen LogP contribution in [0.3, 0.4) is 0 Å². The van der Waals surface area contributed by atoms with E-state index in [9.17, 15) is 10.1 Å². The van der Waals surface area contributed by atoms with E-state index in [1.54, 1.807) is 12.3 Å². The number of rotatable bonds is 3. The molecule has 90 valence electrons. The first kappa shape index (κ1) is 12.0. The number of aromatic nitrogens is 1. The third-order valence-corrected chi connectivity index (χ3v) is 3.01. The van der Waals surface area contributed by atoms with Crippen LogP contribution >= 0.6 is 11.3 Å². The summed E-state index contributed by atoms with van der Waals surface area (Å²) >= 11 is 1.47. The first-order valence-corrected chi connectivity index (χ1v) is 5.80. The van der Waals surface area contributed by atoms with Crippen molar-refractivity contribution >= 4 is 27.8 Å². The average molecular weight is 260 g/mol. The Kier molecular flexibility index (Phi) is 3.21. The van der Waals surface area contributed by atoms with E-state index in [0.29, 0.717) is 10.8 Å². The van der Waals surface area contributed by atoms with Gasteiger partial charge in [0.25, 0.3) is 5.69 Å². The predicted molar refractivity (Wildman–Crippen MR) is 67.9 cm³/mol. The fourth-order valence-electron chi connectivity index (χ4n) is 1.40. The molecule has 0 fully saturated rings. The number of thiazole rings is 1. The Morgan fingerprint density at radius 3 is 2.89 bits per heavy atom. The largest absolute Gasteiger partial charge is 0.331 e. The van der Waals surface area contributed by atoms with Crippen LogP contribution < -0.4 is 5.32 Å². The van der Waals surface area contributed by atoms with E-state index in [-0.39, 0.29) is 11.3 Å². The van der Waals surface area contributed by atoms with Crippen molar-refractivity contribution in [2.45, 2.75) is 6.92 Å². The maximum atomic E-state index is 10.7. The van der Waals surface area contributed by atoms with Crippen molar-refractivity contribution in [1.82, 2.24) is 4.98 Å². The van der Waals surface area contributed by atoms with E-state index in [4.69, 9.17) is 5.26 Å². The second-order valence-corrected chi connectivity index (χ2v) is 4.74. The molecule has 2 rings (SSSR count). The van der Waals surface area contributed by atoms with Gasteiger partial charge >= 0.3 is 0 Å². The lowest BCUT2D eigenvalue weighted by molar-refractivity contribution is -0.385. The minimum Gasteiger partial charge on any atom is -0.331 e. The van der Waals surface area contributed by atoms with Crippen LogP contribution in [0.2, 0.25) is 0 Å². The Balaban J connectivity index is 2.31. The van der Waals surface area contributed by atoms with E-state index in [0.717, 1.165) is 4.88 Å². The summed E-state index contributed by atoms with van der Waals surface area (Å²) in [6, 6.07) is 6.11. The zero-order valence-electron chi connectivity index (χ0n) is 9.38. The number of hydrogen-bond acceptors (Lipinski definition) is 6. The molecule has 1 N–H and O–H groups in total. The highest BCUT2D eigenvalue weighted by molar-refractivity contribution is 7.15. The second kappa shape index (κ2) is 4.81.